The zero-order valence-electron chi connectivity index (χ0n) is 13.9. The van der Waals surface area contributed by atoms with Crippen molar-refractivity contribution >= 4 is 8.07 Å². The molecule has 1 aliphatic heterocycles. The van der Waals surface area contributed by atoms with Gasteiger partial charge in [0.15, 0.2) is 0 Å². The fraction of sp³-hybridized carbons (Fsp3) is 0.647. The number of hydrogen-bond donors (Lipinski definition) is 0. The van der Waals surface area contributed by atoms with E-state index in [0.29, 0.717) is 20.0 Å². The first kappa shape index (κ1) is 17.6. The average molecular weight is 324 g/mol. The fourth-order valence-corrected chi connectivity index (χ4v) is 2.73. The lowest BCUT2D eigenvalue weighted by Crippen LogP contribution is -2.28. The molecule has 1 aliphatic rings. The van der Waals surface area contributed by atoms with Crippen molar-refractivity contribution in [1.29, 1.82) is 0 Å². The van der Waals surface area contributed by atoms with Gasteiger partial charge in [-0.05, 0) is 11.6 Å². The van der Waals surface area contributed by atoms with Gasteiger partial charge in [-0.15, -0.1) is 0 Å². The van der Waals surface area contributed by atoms with E-state index in [2.05, 4.69) is 31.8 Å². The van der Waals surface area contributed by atoms with Crippen LogP contribution in [0.15, 0.2) is 30.3 Å². The molecule has 0 N–H and O–H groups in total. The van der Waals surface area contributed by atoms with Crippen LogP contribution in [0.5, 0.6) is 0 Å². The molecular formula is C17H28O4Si. The molecule has 1 heterocycles. The van der Waals surface area contributed by atoms with E-state index in [-0.39, 0.29) is 12.2 Å². The molecule has 0 aromatic heterocycles. The van der Waals surface area contributed by atoms with Crippen LogP contribution >= 0.6 is 0 Å². The van der Waals surface area contributed by atoms with E-state index in [4.69, 9.17) is 18.9 Å². The smallest absolute Gasteiger partial charge is 0.147 e. The van der Waals surface area contributed by atoms with E-state index in [1.54, 1.807) is 0 Å². The number of hydrogen-bond acceptors (Lipinski definition) is 4. The quantitative estimate of drug-likeness (QED) is 0.271. The highest BCUT2D eigenvalue weighted by molar-refractivity contribution is 6.76. The largest absolute Gasteiger partial charge is 0.374 e. The van der Waals surface area contributed by atoms with Gasteiger partial charge >= 0.3 is 0 Å². The Morgan fingerprint density at radius 2 is 1.91 bits per heavy atom. The number of rotatable bonds is 11. The summed E-state index contributed by atoms with van der Waals surface area (Å²) in [5.74, 6) is 0. The molecule has 0 spiro atoms. The second-order valence-corrected chi connectivity index (χ2v) is 12.5. The SMILES string of the molecule is C[Si](C)(C)CCOCO[C@H](COCc1ccccc1)[C@H]1CO1. The Kier molecular flexibility index (Phi) is 7.04. The lowest BCUT2D eigenvalue weighted by atomic mass is 10.2. The van der Waals surface area contributed by atoms with E-state index in [1.165, 1.54) is 5.56 Å². The molecule has 0 amide bonds. The van der Waals surface area contributed by atoms with Crippen molar-refractivity contribution < 1.29 is 18.9 Å². The van der Waals surface area contributed by atoms with E-state index in [1.807, 2.05) is 18.2 Å². The van der Waals surface area contributed by atoms with E-state index < -0.39 is 8.07 Å². The monoisotopic (exact) mass is 324 g/mol. The third-order valence-electron chi connectivity index (χ3n) is 3.53. The molecule has 2 rings (SSSR count). The van der Waals surface area contributed by atoms with Crippen LogP contribution in [-0.2, 0) is 25.6 Å². The van der Waals surface area contributed by atoms with Gasteiger partial charge in [-0.25, -0.2) is 0 Å². The van der Waals surface area contributed by atoms with Gasteiger partial charge < -0.3 is 18.9 Å². The standard InChI is InChI=1S/C17H28O4Si/c1-22(2,3)10-9-18-14-21-16(17-13-20-17)12-19-11-15-7-5-4-6-8-15/h4-8,16-17H,9-14H2,1-3H3/t16-,17-/m1/s1. The summed E-state index contributed by atoms with van der Waals surface area (Å²) in [5, 5.41) is 0. The van der Waals surface area contributed by atoms with Gasteiger partial charge in [0.2, 0.25) is 0 Å². The first-order chi connectivity index (χ1) is 10.5. The lowest BCUT2D eigenvalue weighted by molar-refractivity contribution is -0.116. The maximum absolute atomic E-state index is 5.76. The van der Waals surface area contributed by atoms with Gasteiger partial charge in [-0.2, -0.15) is 0 Å². The van der Waals surface area contributed by atoms with Gasteiger partial charge in [0.05, 0.1) is 19.8 Å². The topological polar surface area (TPSA) is 40.2 Å². The van der Waals surface area contributed by atoms with E-state index in [0.717, 1.165) is 19.3 Å². The van der Waals surface area contributed by atoms with Crippen molar-refractivity contribution in [1.82, 2.24) is 0 Å². The molecule has 1 saturated heterocycles. The molecule has 22 heavy (non-hydrogen) atoms. The van der Waals surface area contributed by atoms with Crippen LogP contribution in [0.3, 0.4) is 0 Å². The van der Waals surface area contributed by atoms with E-state index >= 15 is 0 Å². The zero-order valence-corrected chi connectivity index (χ0v) is 14.9. The Balaban J connectivity index is 1.59. The minimum Gasteiger partial charge on any atom is -0.374 e. The minimum absolute atomic E-state index is 0.0319. The second kappa shape index (κ2) is 8.79. The van der Waals surface area contributed by atoms with Crippen LogP contribution in [0.4, 0.5) is 0 Å². The highest BCUT2D eigenvalue weighted by Gasteiger charge is 2.33. The first-order valence-corrected chi connectivity index (χ1v) is 11.7. The van der Waals surface area contributed by atoms with Crippen LogP contribution < -0.4 is 0 Å². The molecule has 0 radical (unpaired) electrons. The maximum atomic E-state index is 5.76. The van der Waals surface area contributed by atoms with Crippen molar-refractivity contribution in [3.8, 4) is 0 Å². The van der Waals surface area contributed by atoms with Crippen molar-refractivity contribution in [2.45, 2.75) is 44.5 Å². The van der Waals surface area contributed by atoms with Gasteiger partial charge in [-0.1, -0.05) is 50.0 Å². The Morgan fingerprint density at radius 3 is 2.55 bits per heavy atom. The third-order valence-corrected chi connectivity index (χ3v) is 5.23. The maximum Gasteiger partial charge on any atom is 0.147 e. The normalized spacial score (nSPS) is 19.1. The summed E-state index contributed by atoms with van der Waals surface area (Å²) in [6, 6.07) is 11.3. The molecule has 0 bridgehead atoms. The summed E-state index contributed by atoms with van der Waals surface area (Å²) < 4.78 is 22.4. The van der Waals surface area contributed by atoms with Crippen LogP contribution in [0.1, 0.15) is 5.56 Å². The van der Waals surface area contributed by atoms with Crippen molar-refractivity contribution in [2.75, 3.05) is 26.6 Å². The fourth-order valence-electron chi connectivity index (χ4n) is 1.97. The summed E-state index contributed by atoms with van der Waals surface area (Å²) >= 11 is 0. The Hall–Kier alpha value is -0.723. The molecular weight excluding hydrogens is 296 g/mol. The molecule has 0 aliphatic carbocycles. The average Bonchev–Trinajstić information content (AvgIpc) is 3.29. The molecule has 0 unspecified atom stereocenters. The van der Waals surface area contributed by atoms with Crippen molar-refractivity contribution in [3.63, 3.8) is 0 Å². The summed E-state index contributed by atoms with van der Waals surface area (Å²) in [4.78, 5) is 0. The Morgan fingerprint density at radius 1 is 1.18 bits per heavy atom. The summed E-state index contributed by atoms with van der Waals surface area (Å²) in [6.45, 7) is 10.0. The molecule has 2 atom stereocenters. The van der Waals surface area contributed by atoms with Crippen molar-refractivity contribution in [2.24, 2.45) is 0 Å². The highest BCUT2D eigenvalue weighted by Crippen LogP contribution is 2.18. The summed E-state index contributed by atoms with van der Waals surface area (Å²) in [5.41, 5.74) is 1.17. The molecule has 1 fully saturated rings. The van der Waals surface area contributed by atoms with Gasteiger partial charge in [0, 0.05) is 14.7 Å². The number of benzene rings is 1. The number of epoxide rings is 1. The second-order valence-electron chi connectivity index (χ2n) is 6.91. The van der Waals surface area contributed by atoms with E-state index in [9.17, 15) is 0 Å². The first-order valence-electron chi connectivity index (χ1n) is 7.97. The van der Waals surface area contributed by atoms with Crippen LogP contribution in [0, 0.1) is 0 Å². The molecule has 5 heteroatoms. The Bertz CT molecular complexity index is 414. The minimum atomic E-state index is -1.03. The lowest BCUT2D eigenvalue weighted by Gasteiger charge is -2.18. The van der Waals surface area contributed by atoms with Crippen LogP contribution in [0.25, 0.3) is 0 Å². The predicted molar refractivity (Wildman–Crippen MR) is 89.7 cm³/mol. The third kappa shape index (κ3) is 7.51. The van der Waals surface area contributed by atoms with Crippen LogP contribution in [0.2, 0.25) is 25.7 Å². The molecule has 1 aromatic rings. The van der Waals surface area contributed by atoms with Crippen LogP contribution in [-0.4, -0.2) is 46.9 Å². The number of ether oxygens (including phenoxy) is 4. The molecule has 1 aromatic carbocycles. The predicted octanol–water partition coefficient (Wildman–Crippen LogP) is 3.30. The molecule has 4 nitrogen and oxygen atoms in total. The summed E-state index contributed by atoms with van der Waals surface area (Å²) in [7, 11) is -1.03. The molecule has 124 valence electrons. The summed E-state index contributed by atoms with van der Waals surface area (Å²) in [6.07, 6.45) is 0.131. The van der Waals surface area contributed by atoms with Gasteiger partial charge in [0.1, 0.15) is 19.0 Å². The highest BCUT2D eigenvalue weighted by atomic mass is 28.3. The zero-order chi connectivity index (χ0) is 15.8. The van der Waals surface area contributed by atoms with Gasteiger partial charge in [0.25, 0.3) is 0 Å². The molecule has 0 saturated carbocycles. The van der Waals surface area contributed by atoms with Crippen molar-refractivity contribution in [3.05, 3.63) is 35.9 Å². The Labute approximate surface area is 134 Å². The van der Waals surface area contributed by atoms with Gasteiger partial charge in [-0.3, -0.25) is 0 Å².